The van der Waals surface area contributed by atoms with Gasteiger partial charge >= 0.3 is 0 Å². The van der Waals surface area contributed by atoms with Gasteiger partial charge in [0.25, 0.3) is 0 Å². The van der Waals surface area contributed by atoms with Crippen molar-refractivity contribution in [1.29, 1.82) is 0 Å². The van der Waals surface area contributed by atoms with Gasteiger partial charge in [-0.05, 0) is 108 Å². The second kappa shape index (κ2) is 11.4. The van der Waals surface area contributed by atoms with E-state index in [1.807, 2.05) is 0 Å². The van der Waals surface area contributed by atoms with Gasteiger partial charge in [-0.1, -0.05) is 103 Å². The van der Waals surface area contributed by atoms with E-state index in [2.05, 4.69) is 167 Å². The predicted molar refractivity (Wildman–Crippen MR) is 185 cm³/mol. The molecule has 1 aromatic heterocycles. The van der Waals surface area contributed by atoms with Crippen molar-refractivity contribution >= 4 is 28.0 Å². The fourth-order valence-electron chi connectivity index (χ4n) is 6.85. The average Bonchev–Trinajstić information content (AvgIpc) is 3.44. The minimum Gasteiger partial charge on any atom is -0.313 e. The lowest BCUT2D eigenvalue weighted by Gasteiger charge is -2.26. The quantitative estimate of drug-likeness (QED) is 0.194. The molecule has 2 heteroatoms. The number of para-hydroxylation sites is 2. The van der Waals surface area contributed by atoms with Gasteiger partial charge in [0.1, 0.15) is 0 Å². The van der Waals surface area contributed by atoms with Crippen LogP contribution < -0.4 is 4.90 Å². The molecule has 6 aromatic carbocycles. The second-order valence-corrected chi connectivity index (χ2v) is 11.7. The Morgan fingerprint density at radius 2 is 0.886 bits per heavy atom. The molecule has 0 fully saturated rings. The third-order valence-corrected chi connectivity index (χ3v) is 9.01. The van der Waals surface area contributed by atoms with Gasteiger partial charge in [-0.25, -0.2) is 0 Å². The molecule has 0 radical (unpaired) electrons. The zero-order chi connectivity index (χ0) is 29.3. The number of aromatic nitrogens is 1. The molecular formula is C42H34N2. The first-order valence-electron chi connectivity index (χ1n) is 15.7. The summed E-state index contributed by atoms with van der Waals surface area (Å²) >= 11 is 0. The molecule has 0 saturated heterocycles. The predicted octanol–water partition coefficient (Wildman–Crippen LogP) is 11.3. The molecule has 7 aromatic rings. The van der Waals surface area contributed by atoms with Crippen molar-refractivity contribution in [3.63, 3.8) is 0 Å². The van der Waals surface area contributed by atoms with Crippen molar-refractivity contribution in [3.8, 4) is 27.9 Å². The van der Waals surface area contributed by atoms with E-state index < -0.39 is 0 Å². The lowest BCUT2D eigenvalue weighted by Crippen LogP contribution is -2.09. The Balaban J connectivity index is 1.11. The molecule has 8 rings (SSSR count). The first kappa shape index (κ1) is 26.3. The monoisotopic (exact) mass is 566 g/mol. The summed E-state index contributed by atoms with van der Waals surface area (Å²) in [6, 6.07) is 57.0. The van der Waals surface area contributed by atoms with E-state index in [0.717, 1.165) is 23.5 Å². The number of hydrogen-bond donors (Lipinski definition) is 0. The number of hydrogen-bond acceptors (Lipinski definition) is 1. The Kier molecular flexibility index (Phi) is 6.81. The first-order chi connectivity index (χ1) is 21.8. The van der Waals surface area contributed by atoms with Crippen LogP contribution >= 0.6 is 0 Å². The molecule has 2 nitrogen and oxygen atoms in total. The summed E-state index contributed by atoms with van der Waals surface area (Å²) in [7, 11) is 0. The van der Waals surface area contributed by atoms with Gasteiger partial charge in [-0.3, -0.25) is 0 Å². The average molecular weight is 567 g/mol. The number of nitrogens with zero attached hydrogens (tertiary/aromatic N) is 2. The van der Waals surface area contributed by atoms with E-state index in [4.69, 9.17) is 0 Å². The standard InChI is InChI=1S/C42H34N2/c1-3-11-31(12-4-1)32-19-25-36(26-20-32)43(35-13-5-2-6-14-35)37-27-21-33(22-28-37)34-23-29-38(30-24-34)44-41-17-9-7-15-39(41)40-16-8-10-18-42(40)44/h1-7,9,11-15,17,19-30H,8,10,16,18H2. The number of fused-ring (bicyclic) bond motifs is 3. The van der Waals surface area contributed by atoms with Crippen LogP contribution in [0.3, 0.4) is 0 Å². The van der Waals surface area contributed by atoms with Crippen LogP contribution in [0.1, 0.15) is 24.1 Å². The van der Waals surface area contributed by atoms with Crippen LogP contribution in [0.4, 0.5) is 17.1 Å². The van der Waals surface area contributed by atoms with Gasteiger partial charge in [0, 0.05) is 33.8 Å². The van der Waals surface area contributed by atoms with Crippen LogP contribution in [-0.4, -0.2) is 4.57 Å². The van der Waals surface area contributed by atoms with Crippen molar-refractivity contribution in [3.05, 3.63) is 169 Å². The molecule has 44 heavy (non-hydrogen) atoms. The minimum atomic E-state index is 1.13. The molecule has 0 saturated carbocycles. The summed E-state index contributed by atoms with van der Waals surface area (Å²) in [6.45, 7) is 0. The van der Waals surface area contributed by atoms with Crippen LogP contribution in [0.5, 0.6) is 0 Å². The number of aryl methyl sites for hydroxylation is 1. The molecule has 1 heterocycles. The molecule has 1 aliphatic rings. The van der Waals surface area contributed by atoms with Crippen LogP contribution in [-0.2, 0) is 12.8 Å². The molecule has 0 atom stereocenters. The van der Waals surface area contributed by atoms with E-state index in [1.54, 1.807) is 5.56 Å². The Morgan fingerprint density at radius 3 is 1.52 bits per heavy atom. The van der Waals surface area contributed by atoms with Crippen molar-refractivity contribution in [2.75, 3.05) is 4.90 Å². The molecule has 0 N–H and O–H groups in total. The van der Waals surface area contributed by atoms with E-state index in [9.17, 15) is 0 Å². The van der Waals surface area contributed by atoms with Gasteiger partial charge in [0.05, 0.1) is 5.52 Å². The van der Waals surface area contributed by atoms with E-state index in [-0.39, 0.29) is 0 Å². The molecule has 0 bridgehead atoms. The lowest BCUT2D eigenvalue weighted by atomic mass is 9.95. The largest absolute Gasteiger partial charge is 0.313 e. The lowest BCUT2D eigenvalue weighted by molar-refractivity contribution is 0.667. The van der Waals surface area contributed by atoms with Gasteiger partial charge in [0.15, 0.2) is 0 Å². The summed E-state index contributed by atoms with van der Waals surface area (Å²) in [5, 5.41) is 1.42. The maximum atomic E-state index is 2.50. The van der Waals surface area contributed by atoms with E-state index >= 15 is 0 Å². The molecule has 1 aliphatic carbocycles. The summed E-state index contributed by atoms with van der Waals surface area (Å²) in [5.41, 5.74) is 13.9. The smallest absolute Gasteiger partial charge is 0.0534 e. The van der Waals surface area contributed by atoms with E-state index in [0.29, 0.717) is 0 Å². The fourth-order valence-corrected chi connectivity index (χ4v) is 6.85. The normalized spacial score (nSPS) is 12.6. The van der Waals surface area contributed by atoms with Crippen LogP contribution in [0, 0.1) is 0 Å². The van der Waals surface area contributed by atoms with Crippen LogP contribution in [0.2, 0.25) is 0 Å². The van der Waals surface area contributed by atoms with Crippen molar-refractivity contribution < 1.29 is 0 Å². The van der Waals surface area contributed by atoms with Crippen LogP contribution in [0.15, 0.2) is 158 Å². The Morgan fingerprint density at radius 1 is 0.409 bits per heavy atom. The maximum Gasteiger partial charge on any atom is 0.0534 e. The summed E-state index contributed by atoms with van der Waals surface area (Å²) in [4.78, 5) is 2.32. The Bertz CT molecular complexity index is 2020. The molecule has 0 unspecified atom stereocenters. The highest BCUT2D eigenvalue weighted by molar-refractivity contribution is 5.88. The Hall–Kier alpha value is -5.34. The van der Waals surface area contributed by atoms with Gasteiger partial charge in [0.2, 0.25) is 0 Å². The third-order valence-electron chi connectivity index (χ3n) is 9.01. The fraction of sp³-hybridized carbons (Fsp3) is 0.0952. The first-order valence-corrected chi connectivity index (χ1v) is 15.7. The topological polar surface area (TPSA) is 8.17 Å². The summed E-state index contributed by atoms with van der Waals surface area (Å²) < 4.78 is 2.50. The highest BCUT2D eigenvalue weighted by Crippen LogP contribution is 2.38. The van der Waals surface area contributed by atoms with Crippen molar-refractivity contribution in [2.24, 2.45) is 0 Å². The van der Waals surface area contributed by atoms with Crippen LogP contribution in [0.25, 0.3) is 38.8 Å². The number of benzene rings is 6. The third kappa shape index (κ3) is 4.79. The second-order valence-electron chi connectivity index (χ2n) is 11.7. The zero-order valence-electron chi connectivity index (χ0n) is 24.7. The molecule has 0 spiro atoms. The highest BCUT2D eigenvalue weighted by atomic mass is 15.1. The SMILES string of the molecule is c1ccc(-c2ccc(N(c3ccccc3)c3ccc(-c4ccc(-n5c6c(c7ccccc75)CCCC6)cc4)cc3)cc2)cc1. The van der Waals surface area contributed by atoms with E-state index in [1.165, 1.54) is 63.8 Å². The van der Waals surface area contributed by atoms with Crippen molar-refractivity contribution in [2.45, 2.75) is 25.7 Å². The molecule has 0 aliphatic heterocycles. The van der Waals surface area contributed by atoms with Gasteiger partial charge < -0.3 is 9.47 Å². The summed E-state index contributed by atoms with van der Waals surface area (Å²) in [5.74, 6) is 0. The number of anilines is 3. The molecule has 212 valence electrons. The molecular weight excluding hydrogens is 532 g/mol. The maximum absolute atomic E-state index is 2.50. The van der Waals surface area contributed by atoms with Crippen molar-refractivity contribution in [1.82, 2.24) is 4.57 Å². The highest BCUT2D eigenvalue weighted by Gasteiger charge is 2.20. The summed E-state index contributed by atoms with van der Waals surface area (Å²) in [6.07, 6.45) is 4.89. The Labute approximate surface area is 259 Å². The zero-order valence-corrected chi connectivity index (χ0v) is 24.7. The molecule has 0 amide bonds. The number of rotatable bonds is 6. The van der Waals surface area contributed by atoms with Gasteiger partial charge in [-0.2, -0.15) is 0 Å². The van der Waals surface area contributed by atoms with Gasteiger partial charge in [-0.15, -0.1) is 0 Å². The minimum absolute atomic E-state index is 1.13.